The van der Waals surface area contributed by atoms with Crippen LogP contribution in [0.1, 0.15) is 21.6 Å². The average Bonchev–Trinajstić information content (AvgIpc) is 3.29. The lowest BCUT2D eigenvalue weighted by Crippen LogP contribution is -2.24. The Labute approximate surface area is 159 Å². The van der Waals surface area contributed by atoms with Gasteiger partial charge in [0.25, 0.3) is 5.91 Å². The van der Waals surface area contributed by atoms with E-state index < -0.39 is 11.6 Å². The number of aromatic nitrogens is 2. The summed E-state index contributed by atoms with van der Waals surface area (Å²) >= 11 is 0. The first-order chi connectivity index (χ1) is 13.6. The van der Waals surface area contributed by atoms with Crippen molar-refractivity contribution in [3.63, 3.8) is 0 Å². The lowest BCUT2D eigenvalue weighted by Gasteiger charge is -2.17. The van der Waals surface area contributed by atoms with Crippen molar-refractivity contribution in [2.75, 3.05) is 0 Å². The zero-order chi connectivity index (χ0) is 19.3. The van der Waals surface area contributed by atoms with Gasteiger partial charge < -0.3 is 9.30 Å². The van der Waals surface area contributed by atoms with Gasteiger partial charge in [0.1, 0.15) is 11.6 Å². The predicted molar refractivity (Wildman–Crippen MR) is 101 cm³/mol. The topological polar surface area (TPSA) is 37.6 Å². The van der Waals surface area contributed by atoms with Crippen LogP contribution in [0.2, 0.25) is 0 Å². The number of nitrogens with zero attached hydrogens (tertiary/aromatic N) is 3. The molecule has 4 heterocycles. The molecule has 4 nitrogen and oxygen atoms in total. The zero-order valence-corrected chi connectivity index (χ0v) is 14.8. The van der Waals surface area contributed by atoms with Gasteiger partial charge >= 0.3 is 0 Å². The molecule has 0 fully saturated rings. The van der Waals surface area contributed by atoms with Gasteiger partial charge in [0, 0.05) is 29.7 Å². The lowest BCUT2D eigenvalue weighted by molar-refractivity contribution is 0.0763. The van der Waals surface area contributed by atoms with Crippen LogP contribution in [0, 0.1) is 11.6 Å². The summed E-state index contributed by atoms with van der Waals surface area (Å²) in [7, 11) is 0. The molecular formula is C22H15F2N3O. The molecule has 6 heteroatoms. The second kappa shape index (κ2) is 6.27. The van der Waals surface area contributed by atoms with Crippen LogP contribution in [0.25, 0.3) is 16.6 Å². The van der Waals surface area contributed by atoms with Gasteiger partial charge in [-0.3, -0.25) is 9.78 Å². The number of pyridine rings is 2. The van der Waals surface area contributed by atoms with Gasteiger partial charge in [-0.15, -0.1) is 0 Å². The number of benzene rings is 1. The summed E-state index contributed by atoms with van der Waals surface area (Å²) in [5, 5.41) is 0. The van der Waals surface area contributed by atoms with Crippen LogP contribution < -0.4 is 0 Å². The minimum Gasteiger partial charge on any atom is -0.328 e. The molecule has 4 aromatic rings. The van der Waals surface area contributed by atoms with Gasteiger partial charge in [-0.05, 0) is 53.6 Å². The fourth-order valence-electron chi connectivity index (χ4n) is 3.63. The molecule has 5 rings (SSSR count). The molecule has 0 spiro atoms. The van der Waals surface area contributed by atoms with Gasteiger partial charge in [0.2, 0.25) is 0 Å². The predicted octanol–water partition coefficient (Wildman–Crippen LogP) is 4.44. The van der Waals surface area contributed by atoms with Crippen LogP contribution in [0.15, 0.2) is 67.1 Å². The third kappa shape index (κ3) is 2.65. The normalized spacial score (nSPS) is 13.4. The van der Waals surface area contributed by atoms with Gasteiger partial charge in [-0.1, -0.05) is 6.07 Å². The zero-order valence-electron chi connectivity index (χ0n) is 14.8. The van der Waals surface area contributed by atoms with Crippen molar-refractivity contribution in [3.05, 3.63) is 95.6 Å². The maximum Gasteiger partial charge on any atom is 0.256 e. The van der Waals surface area contributed by atoms with E-state index in [1.54, 1.807) is 18.3 Å². The van der Waals surface area contributed by atoms with E-state index in [9.17, 15) is 13.6 Å². The van der Waals surface area contributed by atoms with Gasteiger partial charge in [-0.25, -0.2) is 8.78 Å². The highest BCUT2D eigenvalue weighted by Crippen LogP contribution is 2.28. The van der Waals surface area contributed by atoms with Crippen LogP contribution in [0.5, 0.6) is 0 Å². The SMILES string of the molecule is O=C1c2cccnc2CN1Cc1c(F)cc(-c2ccc3cccn3c2)cc1F. The summed E-state index contributed by atoms with van der Waals surface area (Å²) in [5.74, 6) is -1.59. The smallest absolute Gasteiger partial charge is 0.256 e. The molecular weight excluding hydrogens is 360 g/mol. The van der Waals surface area contributed by atoms with E-state index in [4.69, 9.17) is 0 Å². The lowest BCUT2D eigenvalue weighted by atomic mass is 10.0. The summed E-state index contributed by atoms with van der Waals surface area (Å²) in [6.07, 6.45) is 5.31. The average molecular weight is 375 g/mol. The molecule has 0 bridgehead atoms. The summed E-state index contributed by atoms with van der Waals surface area (Å²) in [6, 6.07) is 13.6. The minimum absolute atomic E-state index is 0.119. The Morgan fingerprint density at radius 3 is 2.61 bits per heavy atom. The number of fused-ring (bicyclic) bond motifs is 2. The number of amides is 1. The van der Waals surface area contributed by atoms with Crippen molar-refractivity contribution in [3.8, 4) is 11.1 Å². The summed E-state index contributed by atoms with van der Waals surface area (Å²) in [4.78, 5) is 18.0. The van der Waals surface area contributed by atoms with Crippen molar-refractivity contribution in [2.24, 2.45) is 0 Å². The third-order valence-corrected chi connectivity index (χ3v) is 5.10. The van der Waals surface area contributed by atoms with Gasteiger partial charge in [0.15, 0.2) is 0 Å². The number of carbonyl (C=O) groups excluding carboxylic acids is 1. The first-order valence-electron chi connectivity index (χ1n) is 8.88. The molecule has 0 radical (unpaired) electrons. The van der Waals surface area contributed by atoms with E-state index in [0.717, 1.165) is 5.52 Å². The molecule has 1 amide bonds. The maximum absolute atomic E-state index is 14.8. The van der Waals surface area contributed by atoms with Gasteiger partial charge in [0.05, 0.1) is 24.3 Å². The summed E-state index contributed by atoms with van der Waals surface area (Å²) < 4.78 is 31.4. The summed E-state index contributed by atoms with van der Waals surface area (Å²) in [6.45, 7) is 0.115. The molecule has 0 unspecified atom stereocenters. The largest absolute Gasteiger partial charge is 0.328 e. The highest BCUT2D eigenvalue weighted by atomic mass is 19.1. The standard InChI is InChI=1S/C22H15F2N3O/c23-19-9-15(14-5-6-16-3-2-8-26(16)11-14)10-20(24)18(19)12-27-13-21-17(22(27)28)4-1-7-25-21/h1-11H,12-13H2. The molecule has 0 saturated carbocycles. The molecule has 1 aliphatic heterocycles. The Morgan fingerprint density at radius 1 is 1.00 bits per heavy atom. The second-order valence-corrected chi connectivity index (χ2v) is 6.84. The number of carbonyl (C=O) groups is 1. The number of hydrogen-bond donors (Lipinski definition) is 0. The van der Waals surface area contributed by atoms with E-state index in [2.05, 4.69) is 4.98 Å². The van der Waals surface area contributed by atoms with Crippen molar-refractivity contribution in [1.29, 1.82) is 0 Å². The Bertz CT molecular complexity index is 1210. The fourth-order valence-corrected chi connectivity index (χ4v) is 3.63. The van der Waals surface area contributed by atoms with E-state index in [1.807, 2.05) is 41.1 Å². The van der Waals surface area contributed by atoms with Crippen LogP contribution in [0.3, 0.4) is 0 Å². The highest BCUT2D eigenvalue weighted by molar-refractivity contribution is 5.97. The number of rotatable bonds is 3. The van der Waals surface area contributed by atoms with Crippen LogP contribution in [-0.2, 0) is 13.1 Å². The van der Waals surface area contributed by atoms with Crippen molar-refractivity contribution >= 4 is 11.4 Å². The molecule has 0 atom stereocenters. The third-order valence-electron chi connectivity index (χ3n) is 5.10. The Kier molecular flexibility index (Phi) is 3.72. The molecule has 3 aromatic heterocycles. The quantitative estimate of drug-likeness (QED) is 0.531. The minimum atomic E-state index is -0.667. The highest BCUT2D eigenvalue weighted by Gasteiger charge is 2.29. The van der Waals surface area contributed by atoms with Gasteiger partial charge in [-0.2, -0.15) is 0 Å². The molecule has 1 aromatic carbocycles. The number of hydrogen-bond acceptors (Lipinski definition) is 2. The monoisotopic (exact) mass is 375 g/mol. The summed E-state index contributed by atoms with van der Waals surface area (Å²) in [5.41, 5.74) is 3.16. The molecule has 138 valence electrons. The Morgan fingerprint density at radius 2 is 1.82 bits per heavy atom. The van der Waals surface area contributed by atoms with Crippen molar-refractivity contribution < 1.29 is 13.6 Å². The fraction of sp³-hybridized carbons (Fsp3) is 0.0909. The first-order valence-corrected chi connectivity index (χ1v) is 8.88. The molecule has 0 saturated heterocycles. The maximum atomic E-state index is 14.8. The second-order valence-electron chi connectivity index (χ2n) is 6.84. The van der Waals surface area contributed by atoms with E-state index >= 15 is 0 Å². The van der Waals surface area contributed by atoms with Crippen molar-refractivity contribution in [1.82, 2.24) is 14.3 Å². The molecule has 0 aliphatic carbocycles. The van der Waals surface area contributed by atoms with E-state index in [-0.39, 0.29) is 24.6 Å². The Hall–Kier alpha value is -3.54. The van der Waals surface area contributed by atoms with Crippen LogP contribution >= 0.6 is 0 Å². The van der Waals surface area contributed by atoms with Crippen LogP contribution in [-0.4, -0.2) is 20.2 Å². The van der Waals surface area contributed by atoms with Crippen molar-refractivity contribution in [2.45, 2.75) is 13.1 Å². The van der Waals surface area contributed by atoms with E-state index in [0.29, 0.717) is 22.4 Å². The van der Waals surface area contributed by atoms with E-state index in [1.165, 1.54) is 17.0 Å². The Balaban J connectivity index is 1.46. The molecule has 1 aliphatic rings. The van der Waals surface area contributed by atoms with Crippen LogP contribution in [0.4, 0.5) is 8.78 Å². The molecule has 0 N–H and O–H groups in total. The molecule has 28 heavy (non-hydrogen) atoms. The number of halogens is 2. The first kappa shape index (κ1) is 16.6.